The number of amides is 2. The summed E-state index contributed by atoms with van der Waals surface area (Å²) in [6, 6.07) is 13.2. The van der Waals surface area contributed by atoms with Crippen LogP contribution in [0.3, 0.4) is 0 Å². The summed E-state index contributed by atoms with van der Waals surface area (Å²) in [6.07, 6.45) is 5.56. The Hall–Kier alpha value is -3.20. The predicted octanol–water partition coefficient (Wildman–Crippen LogP) is 3.78. The lowest BCUT2D eigenvalue weighted by Gasteiger charge is -2.22. The van der Waals surface area contributed by atoms with Gasteiger partial charge in [0, 0.05) is 25.6 Å². The number of nitrogens with one attached hydrogen (secondary N) is 2. The Morgan fingerprint density at radius 3 is 2.54 bits per heavy atom. The fourth-order valence-electron chi connectivity index (χ4n) is 4.21. The van der Waals surface area contributed by atoms with E-state index in [2.05, 4.69) is 15.6 Å². The number of carbonyl (C=O) groups excluding carboxylic acids is 2. The van der Waals surface area contributed by atoms with Gasteiger partial charge >= 0.3 is 0 Å². The first-order valence-electron chi connectivity index (χ1n) is 11.9. The number of aromatic nitrogens is 2. The molecule has 1 aliphatic carbocycles. The number of para-hydroxylation sites is 1. The second kappa shape index (κ2) is 12.0. The lowest BCUT2D eigenvalue weighted by molar-refractivity contribution is -0.121. The van der Waals surface area contributed by atoms with Gasteiger partial charge in [-0.15, -0.1) is 0 Å². The molecule has 4 rings (SSSR count). The largest absolute Gasteiger partial charge is 0.353 e. The van der Waals surface area contributed by atoms with E-state index in [0.717, 1.165) is 31.2 Å². The zero-order valence-corrected chi connectivity index (χ0v) is 20.3. The quantitative estimate of drug-likeness (QED) is 0.347. The summed E-state index contributed by atoms with van der Waals surface area (Å²) in [7, 11) is 0. The number of hydrogen-bond donors (Lipinski definition) is 2. The summed E-state index contributed by atoms with van der Waals surface area (Å²) in [4.78, 5) is 42.7. The van der Waals surface area contributed by atoms with Gasteiger partial charge in [-0.3, -0.25) is 19.0 Å². The van der Waals surface area contributed by atoms with E-state index < -0.39 is 0 Å². The van der Waals surface area contributed by atoms with E-state index in [1.807, 2.05) is 6.07 Å². The molecular weight excluding hydrogens is 467 g/mol. The van der Waals surface area contributed by atoms with Crippen molar-refractivity contribution in [1.82, 2.24) is 20.2 Å². The molecule has 2 N–H and O–H groups in total. The first-order valence-corrected chi connectivity index (χ1v) is 12.9. The van der Waals surface area contributed by atoms with Crippen LogP contribution in [-0.2, 0) is 22.7 Å². The zero-order valence-electron chi connectivity index (χ0n) is 19.5. The smallest absolute Gasteiger partial charge is 0.262 e. The molecule has 184 valence electrons. The molecule has 0 spiro atoms. The molecule has 1 heterocycles. The summed E-state index contributed by atoms with van der Waals surface area (Å²) in [5, 5.41) is 6.76. The highest BCUT2D eigenvalue weighted by Gasteiger charge is 2.18. The van der Waals surface area contributed by atoms with E-state index in [4.69, 9.17) is 0 Å². The molecule has 7 nitrogen and oxygen atoms in total. The predicted molar refractivity (Wildman–Crippen MR) is 135 cm³/mol. The third-order valence-electron chi connectivity index (χ3n) is 6.09. The highest BCUT2D eigenvalue weighted by molar-refractivity contribution is 7.99. The number of nitrogens with zero attached hydrogens (tertiary/aromatic N) is 2. The van der Waals surface area contributed by atoms with Crippen LogP contribution < -0.4 is 16.2 Å². The third kappa shape index (κ3) is 6.91. The molecule has 35 heavy (non-hydrogen) atoms. The third-order valence-corrected chi connectivity index (χ3v) is 7.07. The molecule has 1 saturated carbocycles. The van der Waals surface area contributed by atoms with E-state index in [1.54, 1.807) is 30.3 Å². The van der Waals surface area contributed by atoms with E-state index in [9.17, 15) is 18.8 Å². The van der Waals surface area contributed by atoms with Gasteiger partial charge in [0.1, 0.15) is 5.82 Å². The molecular formula is C26H29FN4O3S. The molecule has 1 aliphatic rings. The number of hydrogen-bond acceptors (Lipinski definition) is 5. The van der Waals surface area contributed by atoms with Crippen molar-refractivity contribution in [3.05, 3.63) is 70.3 Å². The van der Waals surface area contributed by atoms with Crippen molar-refractivity contribution in [1.29, 1.82) is 0 Å². The Kier molecular flexibility index (Phi) is 8.52. The fraction of sp³-hybridized carbons (Fsp3) is 0.385. The number of thioether (sulfide) groups is 1. The highest BCUT2D eigenvalue weighted by atomic mass is 32.2. The van der Waals surface area contributed by atoms with Crippen LogP contribution in [0.15, 0.2) is 58.5 Å². The molecule has 0 unspecified atom stereocenters. The fourth-order valence-corrected chi connectivity index (χ4v) is 5.04. The standard InChI is InChI=1S/C26H29FN4O3S/c27-19-12-10-18(11-13-19)16-28-23(32)14-15-31-25(34)21-8-4-5-9-22(21)30-26(31)35-17-24(33)29-20-6-2-1-3-7-20/h4-5,8-13,20H,1-3,6-7,14-17H2,(H,28,32)(H,29,33). The minimum atomic E-state index is -0.333. The monoisotopic (exact) mass is 496 g/mol. The van der Waals surface area contributed by atoms with Gasteiger partial charge in [0.15, 0.2) is 5.16 Å². The second-order valence-electron chi connectivity index (χ2n) is 8.71. The van der Waals surface area contributed by atoms with Crippen LogP contribution >= 0.6 is 11.8 Å². The van der Waals surface area contributed by atoms with Crippen LogP contribution in [-0.4, -0.2) is 33.2 Å². The van der Waals surface area contributed by atoms with Crippen LogP contribution in [0.1, 0.15) is 44.1 Å². The average Bonchev–Trinajstić information content (AvgIpc) is 2.87. The van der Waals surface area contributed by atoms with Crippen LogP contribution in [0.4, 0.5) is 4.39 Å². The number of fused-ring (bicyclic) bond motifs is 1. The lowest BCUT2D eigenvalue weighted by Crippen LogP contribution is -2.37. The van der Waals surface area contributed by atoms with Gasteiger partial charge in [-0.1, -0.05) is 55.3 Å². The number of benzene rings is 2. The molecule has 0 saturated heterocycles. The van der Waals surface area contributed by atoms with Crippen LogP contribution in [0.2, 0.25) is 0 Å². The maximum atomic E-state index is 13.2. The Balaban J connectivity index is 1.42. The van der Waals surface area contributed by atoms with Gasteiger partial charge in [0.25, 0.3) is 5.56 Å². The second-order valence-corrected chi connectivity index (χ2v) is 9.66. The molecule has 9 heteroatoms. The van der Waals surface area contributed by atoms with Crippen molar-refractivity contribution in [2.24, 2.45) is 0 Å². The van der Waals surface area contributed by atoms with Gasteiger partial charge in [0.2, 0.25) is 11.8 Å². The van der Waals surface area contributed by atoms with Crippen molar-refractivity contribution >= 4 is 34.5 Å². The van der Waals surface area contributed by atoms with Crippen molar-refractivity contribution in [2.75, 3.05) is 5.75 Å². The summed E-state index contributed by atoms with van der Waals surface area (Å²) < 4.78 is 14.5. The minimum Gasteiger partial charge on any atom is -0.353 e. The van der Waals surface area contributed by atoms with Crippen molar-refractivity contribution in [3.63, 3.8) is 0 Å². The Bertz CT molecular complexity index is 1240. The normalized spacial score (nSPS) is 14.1. The van der Waals surface area contributed by atoms with Gasteiger partial charge in [0.05, 0.1) is 16.7 Å². The summed E-state index contributed by atoms with van der Waals surface area (Å²) in [5.74, 6) is -0.494. The van der Waals surface area contributed by atoms with E-state index >= 15 is 0 Å². The Morgan fingerprint density at radius 2 is 1.77 bits per heavy atom. The number of carbonyl (C=O) groups is 2. The first-order chi connectivity index (χ1) is 17.0. The van der Waals surface area contributed by atoms with E-state index in [1.165, 1.54) is 34.9 Å². The summed E-state index contributed by atoms with van der Waals surface area (Å²) >= 11 is 1.21. The maximum Gasteiger partial charge on any atom is 0.262 e. The lowest BCUT2D eigenvalue weighted by atomic mass is 9.95. The van der Waals surface area contributed by atoms with Crippen molar-refractivity contribution in [3.8, 4) is 0 Å². The molecule has 3 aromatic rings. The highest BCUT2D eigenvalue weighted by Crippen LogP contribution is 2.20. The first kappa shape index (κ1) is 24.9. The van der Waals surface area contributed by atoms with Crippen LogP contribution in [0.25, 0.3) is 10.9 Å². The van der Waals surface area contributed by atoms with Gasteiger partial charge in [-0.2, -0.15) is 0 Å². The van der Waals surface area contributed by atoms with Crippen LogP contribution in [0, 0.1) is 5.82 Å². The van der Waals surface area contributed by atoms with Gasteiger partial charge < -0.3 is 10.6 Å². The van der Waals surface area contributed by atoms with Gasteiger partial charge in [-0.25, -0.2) is 9.37 Å². The van der Waals surface area contributed by atoms with Crippen LogP contribution in [0.5, 0.6) is 0 Å². The molecule has 2 amide bonds. The van der Waals surface area contributed by atoms with Gasteiger partial charge in [-0.05, 0) is 42.7 Å². The number of halogens is 1. The molecule has 2 aromatic carbocycles. The molecule has 0 radical (unpaired) electrons. The average molecular weight is 497 g/mol. The SMILES string of the molecule is O=C(CCn1c(SCC(=O)NC2CCCCC2)nc2ccccc2c1=O)NCc1ccc(F)cc1. The van der Waals surface area contributed by atoms with E-state index in [-0.39, 0.29) is 54.5 Å². The Labute approximate surface area is 207 Å². The molecule has 1 aromatic heterocycles. The topological polar surface area (TPSA) is 93.1 Å². The summed E-state index contributed by atoms with van der Waals surface area (Å²) in [6.45, 7) is 0.408. The molecule has 0 bridgehead atoms. The van der Waals surface area contributed by atoms with Crippen molar-refractivity contribution < 1.29 is 14.0 Å². The Morgan fingerprint density at radius 1 is 1.03 bits per heavy atom. The minimum absolute atomic E-state index is 0.0724. The zero-order chi connectivity index (χ0) is 24.6. The van der Waals surface area contributed by atoms with Crippen molar-refractivity contribution in [2.45, 2.75) is 62.8 Å². The molecule has 1 fully saturated rings. The maximum absolute atomic E-state index is 13.2. The summed E-state index contributed by atoms with van der Waals surface area (Å²) in [5.41, 5.74) is 1.10. The molecule has 0 atom stereocenters. The number of rotatable bonds is 9. The molecule has 0 aliphatic heterocycles. The van der Waals surface area contributed by atoms with E-state index in [0.29, 0.717) is 16.1 Å².